The lowest BCUT2D eigenvalue weighted by atomic mass is 9.89. The van der Waals surface area contributed by atoms with Gasteiger partial charge >= 0.3 is 5.97 Å². The Morgan fingerprint density at radius 2 is 1.89 bits per heavy atom. The SMILES string of the molecule is COC(=O)C(C)(C)CN1CCC(CC(N)=O)CC1. The Morgan fingerprint density at radius 1 is 1.33 bits per heavy atom. The molecule has 1 aliphatic rings. The van der Waals surface area contributed by atoms with Crippen LogP contribution in [-0.4, -0.2) is 43.5 Å². The number of carbonyl (C=O) groups is 2. The normalized spacial score (nSPS) is 18.6. The fraction of sp³-hybridized carbons (Fsp3) is 0.846. The Hall–Kier alpha value is -1.10. The van der Waals surface area contributed by atoms with Gasteiger partial charge < -0.3 is 15.4 Å². The zero-order valence-corrected chi connectivity index (χ0v) is 11.6. The Balaban J connectivity index is 2.39. The minimum Gasteiger partial charge on any atom is -0.469 e. The first kappa shape index (κ1) is 15.0. The van der Waals surface area contributed by atoms with E-state index in [4.69, 9.17) is 10.5 Å². The van der Waals surface area contributed by atoms with Crippen molar-refractivity contribution in [2.45, 2.75) is 33.1 Å². The molecule has 0 aromatic rings. The van der Waals surface area contributed by atoms with Crippen molar-refractivity contribution in [2.24, 2.45) is 17.1 Å². The molecule has 0 aromatic heterocycles. The van der Waals surface area contributed by atoms with Crippen molar-refractivity contribution in [3.63, 3.8) is 0 Å². The van der Waals surface area contributed by atoms with Crippen molar-refractivity contribution in [2.75, 3.05) is 26.7 Å². The van der Waals surface area contributed by atoms with Gasteiger partial charge in [0.25, 0.3) is 0 Å². The van der Waals surface area contributed by atoms with Crippen molar-refractivity contribution in [3.8, 4) is 0 Å². The number of hydrogen-bond acceptors (Lipinski definition) is 4. The molecule has 2 N–H and O–H groups in total. The standard InChI is InChI=1S/C13H24N2O3/c1-13(2,12(17)18-3)9-15-6-4-10(5-7-15)8-11(14)16/h10H,4-9H2,1-3H3,(H2,14,16). The molecule has 104 valence electrons. The summed E-state index contributed by atoms with van der Waals surface area (Å²) in [5.74, 6) is 0.00471. The Kier molecular flexibility index (Phi) is 5.14. The molecule has 0 spiro atoms. The number of hydrogen-bond donors (Lipinski definition) is 1. The molecular formula is C13H24N2O3. The molecule has 1 heterocycles. The van der Waals surface area contributed by atoms with E-state index in [0.29, 0.717) is 18.9 Å². The maximum absolute atomic E-state index is 11.6. The molecule has 0 saturated carbocycles. The molecule has 0 radical (unpaired) electrons. The van der Waals surface area contributed by atoms with Crippen LogP contribution in [0.3, 0.4) is 0 Å². The predicted molar refractivity (Wildman–Crippen MR) is 68.8 cm³/mol. The van der Waals surface area contributed by atoms with Gasteiger partial charge in [0.05, 0.1) is 12.5 Å². The molecule has 1 fully saturated rings. The zero-order chi connectivity index (χ0) is 13.8. The van der Waals surface area contributed by atoms with E-state index < -0.39 is 5.41 Å². The largest absolute Gasteiger partial charge is 0.469 e. The molecule has 18 heavy (non-hydrogen) atoms. The van der Waals surface area contributed by atoms with Crippen molar-refractivity contribution in [1.82, 2.24) is 4.90 Å². The highest BCUT2D eigenvalue weighted by molar-refractivity contribution is 5.76. The van der Waals surface area contributed by atoms with Gasteiger partial charge in [0, 0.05) is 13.0 Å². The van der Waals surface area contributed by atoms with Gasteiger partial charge in [-0.25, -0.2) is 0 Å². The Morgan fingerprint density at radius 3 is 2.33 bits per heavy atom. The summed E-state index contributed by atoms with van der Waals surface area (Å²) in [6, 6.07) is 0. The van der Waals surface area contributed by atoms with Crippen LogP contribution in [0.1, 0.15) is 33.1 Å². The second kappa shape index (κ2) is 6.18. The molecule has 1 aliphatic heterocycles. The number of ether oxygens (including phenoxy) is 1. The molecule has 0 aromatic carbocycles. The van der Waals surface area contributed by atoms with E-state index in [1.165, 1.54) is 7.11 Å². The van der Waals surface area contributed by atoms with E-state index in [9.17, 15) is 9.59 Å². The monoisotopic (exact) mass is 256 g/mol. The molecule has 1 saturated heterocycles. The van der Waals surface area contributed by atoms with E-state index in [-0.39, 0.29) is 11.9 Å². The summed E-state index contributed by atoms with van der Waals surface area (Å²) >= 11 is 0. The first-order valence-corrected chi connectivity index (χ1v) is 6.44. The van der Waals surface area contributed by atoms with Crippen LogP contribution in [0.5, 0.6) is 0 Å². The first-order chi connectivity index (χ1) is 8.35. The summed E-state index contributed by atoms with van der Waals surface area (Å²) in [6.45, 7) is 6.32. The predicted octanol–water partition coefficient (Wildman–Crippen LogP) is 0.773. The van der Waals surface area contributed by atoms with E-state index in [1.54, 1.807) is 0 Å². The van der Waals surface area contributed by atoms with Crippen LogP contribution in [0.25, 0.3) is 0 Å². The quantitative estimate of drug-likeness (QED) is 0.738. The average Bonchev–Trinajstić information content (AvgIpc) is 2.29. The number of nitrogens with zero attached hydrogens (tertiary/aromatic N) is 1. The average molecular weight is 256 g/mol. The zero-order valence-electron chi connectivity index (χ0n) is 11.6. The summed E-state index contributed by atoms with van der Waals surface area (Å²) in [7, 11) is 1.42. The first-order valence-electron chi connectivity index (χ1n) is 6.44. The van der Waals surface area contributed by atoms with E-state index in [1.807, 2.05) is 13.8 Å². The molecule has 0 aliphatic carbocycles. The number of carbonyl (C=O) groups excluding carboxylic acids is 2. The van der Waals surface area contributed by atoms with E-state index >= 15 is 0 Å². The molecule has 0 atom stereocenters. The molecule has 5 heteroatoms. The number of rotatable bonds is 5. The molecule has 1 amide bonds. The van der Waals surface area contributed by atoms with E-state index in [0.717, 1.165) is 25.9 Å². The van der Waals surface area contributed by atoms with E-state index in [2.05, 4.69) is 4.90 Å². The van der Waals surface area contributed by atoms with Crippen LogP contribution in [-0.2, 0) is 14.3 Å². The van der Waals surface area contributed by atoms with Gasteiger partial charge in [0.15, 0.2) is 0 Å². The number of nitrogens with two attached hydrogens (primary N) is 1. The van der Waals surface area contributed by atoms with Crippen molar-refractivity contribution < 1.29 is 14.3 Å². The van der Waals surface area contributed by atoms with Gasteiger partial charge in [-0.3, -0.25) is 9.59 Å². The maximum atomic E-state index is 11.6. The van der Waals surface area contributed by atoms with Crippen LogP contribution >= 0.6 is 0 Å². The smallest absolute Gasteiger partial charge is 0.312 e. The number of amides is 1. The highest BCUT2D eigenvalue weighted by Crippen LogP contribution is 2.25. The number of primary amides is 1. The number of esters is 1. The second-order valence-electron chi connectivity index (χ2n) is 5.77. The number of methoxy groups -OCH3 is 1. The highest BCUT2D eigenvalue weighted by atomic mass is 16.5. The van der Waals surface area contributed by atoms with Crippen molar-refractivity contribution >= 4 is 11.9 Å². The lowest BCUT2D eigenvalue weighted by Crippen LogP contribution is -2.43. The lowest BCUT2D eigenvalue weighted by Gasteiger charge is -2.35. The molecule has 1 rings (SSSR count). The minimum atomic E-state index is -0.481. The Bertz CT molecular complexity index is 307. The van der Waals surface area contributed by atoms with Gasteiger partial charge in [-0.05, 0) is 45.7 Å². The fourth-order valence-electron chi connectivity index (χ4n) is 2.53. The van der Waals surface area contributed by atoms with Crippen LogP contribution < -0.4 is 5.73 Å². The van der Waals surface area contributed by atoms with Gasteiger partial charge in [-0.1, -0.05) is 0 Å². The molecule has 5 nitrogen and oxygen atoms in total. The summed E-state index contributed by atoms with van der Waals surface area (Å²) in [5.41, 5.74) is 4.72. The van der Waals surface area contributed by atoms with Crippen LogP contribution in [0.2, 0.25) is 0 Å². The third-order valence-corrected chi connectivity index (χ3v) is 3.55. The minimum absolute atomic E-state index is 0.179. The van der Waals surface area contributed by atoms with Crippen LogP contribution in [0.4, 0.5) is 0 Å². The van der Waals surface area contributed by atoms with Crippen molar-refractivity contribution in [3.05, 3.63) is 0 Å². The lowest BCUT2D eigenvalue weighted by molar-refractivity contribution is -0.152. The summed E-state index contributed by atoms with van der Waals surface area (Å²) in [6.07, 6.45) is 2.43. The topological polar surface area (TPSA) is 72.6 Å². The highest BCUT2D eigenvalue weighted by Gasteiger charge is 2.32. The maximum Gasteiger partial charge on any atom is 0.312 e. The second-order valence-corrected chi connectivity index (χ2v) is 5.77. The Labute approximate surface area is 109 Å². The molecule has 0 unspecified atom stereocenters. The number of likely N-dealkylation sites (tertiary alicyclic amines) is 1. The van der Waals surface area contributed by atoms with Crippen LogP contribution in [0, 0.1) is 11.3 Å². The molecular weight excluding hydrogens is 232 g/mol. The summed E-state index contributed by atoms with van der Waals surface area (Å²) in [4.78, 5) is 24.7. The molecule has 0 bridgehead atoms. The fourth-order valence-corrected chi connectivity index (χ4v) is 2.53. The van der Waals surface area contributed by atoms with Gasteiger partial charge in [0.2, 0.25) is 5.91 Å². The van der Waals surface area contributed by atoms with Gasteiger partial charge in [-0.2, -0.15) is 0 Å². The van der Waals surface area contributed by atoms with Crippen molar-refractivity contribution in [1.29, 1.82) is 0 Å². The summed E-state index contributed by atoms with van der Waals surface area (Å²) < 4.78 is 4.80. The number of piperidine rings is 1. The van der Waals surface area contributed by atoms with Gasteiger partial charge in [0.1, 0.15) is 0 Å². The summed E-state index contributed by atoms with van der Waals surface area (Å²) in [5, 5.41) is 0. The third-order valence-electron chi connectivity index (χ3n) is 3.55. The van der Waals surface area contributed by atoms with Gasteiger partial charge in [-0.15, -0.1) is 0 Å². The third kappa shape index (κ3) is 4.29. The van der Waals surface area contributed by atoms with Crippen LogP contribution in [0.15, 0.2) is 0 Å².